The molecule has 0 spiro atoms. The molecule has 0 heterocycles. The minimum absolute atomic E-state index is 0.316. The Morgan fingerprint density at radius 1 is 1.09 bits per heavy atom. The zero-order chi connectivity index (χ0) is 15.5. The summed E-state index contributed by atoms with van der Waals surface area (Å²) in [5, 5.41) is 7.51. The van der Waals surface area contributed by atoms with Crippen molar-refractivity contribution in [1.82, 2.24) is 5.32 Å². The molecule has 2 nitrogen and oxygen atoms in total. The van der Waals surface area contributed by atoms with Gasteiger partial charge in [-0.25, -0.2) is 0 Å². The molecule has 0 radical (unpaired) electrons. The molecule has 114 valence electrons. The number of hydrogen-bond donors (Lipinski definition) is 2. The van der Waals surface area contributed by atoms with Crippen LogP contribution in [0, 0.1) is 13.8 Å². The Balaban J connectivity index is 1.70. The number of aryl methyl sites for hydroxylation is 3. The van der Waals surface area contributed by atoms with Gasteiger partial charge in [-0.3, -0.25) is 0 Å². The second kappa shape index (κ2) is 6.49. The van der Waals surface area contributed by atoms with Crippen LogP contribution >= 0.6 is 12.2 Å². The molecule has 1 aliphatic carbocycles. The highest BCUT2D eigenvalue weighted by Crippen LogP contribution is 2.29. The molecule has 2 aromatic carbocycles. The van der Waals surface area contributed by atoms with E-state index < -0.39 is 0 Å². The van der Waals surface area contributed by atoms with Crippen molar-refractivity contribution < 1.29 is 0 Å². The van der Waals surface area contributed by atoms with Gasteiger partial charge in [0.05, 0.1) is 6.04 Å². The Hall–Kier alpha value is -1.87. The van der Waals surface area contributed by atoms with Gasteiger partial charge in [-0.05, 0) is 79.7 Å². The first-order chi connectivity index (χ1) is 10.6. The van der Waals surface area contributed by atoms with Crippen LogP contribution in [0.2, 0.25) is 0 Å². The highest BCUT2D eigenvalue weighted by Gasteiger charge is 2.20. The van der Waals surface area contributed by atoms with Crippen LogP contribution in [-0.4, -0.2) is 5.11 Å². The maximum absolute atomic E-state index is 5.51. The first kappa shape index (κ1) is 15.0. The first-order valence-electron chi connectivity index (χ1n) is 7.85. The molecule has 3 heteroatoms. The molecule has 22 heavy (non-hydrogen) atoms. The standard InChI is InChI=1S/C19H22N2S/c1-13-10-14(2)12-16(11-13)20-19(22)21-18-9-5-7-15-6-3-4-8-17(15)18/h3-4,6,8,10-12,18H,5,7,9H2,1-2H3,(H2,20,21,22). The lowest BCUT2D eigenvalue weighted by molar-refractivity contribution is 0.529. The highest BCUT2D eigenvalue weighted by atomic mass is 32.1. The Bertz CT molecular complexity index is 673. The zero-order valence-corrected chi connectivity index (χ0v) is 14.0. The number of anilines is 1. The Labute approximate surface area is 137 Å². The van der Waals surface area contributed by atoms with E-state index in [0.717, 1.165) is 12.1 Å². The average molecular weight is 310 g/mol. The lowest BCUT2D eigenvalue weighted by atomic mass is 9.88. The molecule has 0 bridgehead atoms. The van der Waals surface area contributed by atoms with E-state index in [1.165, 1.54) is 35.1 Å². The van der Waals surface area contributed by atoms with Gasteiger partial charge in [0.1, 0.15) is 0 Å². The molecule has 0 amide bonds. The van der Waals surface area contributed by atoms with Gasteiger partial charge in [0, 0.05) is 5.69 Å². The quantitative estimate of drug-likeness (QED) is 0.788. The van der Waals surface area contributed by atoms with Gasteiger partial charge in [-0.2, -0.15) is 0 Å². The minimum atomic E-state index is 0.316. The smallest absolute Gasteiger partial charge is 0.171 e. The molecule has 1 aliphatic rings. The molecule has 2 aromatic rings. The lowest BCUT2D eigenvalue weighted by Crippen LogP contribution is -2.34. The summed E-state index contributed by atoms with van der Waals surface area (Å²) in [6.07, 6.45) is 3.51. The second-order valence-electron chi connectivity index (χ2n) is 6.12. The number of thiocarbonyl (C=S) groups is 1. The fourth-order valence-electron chi connectivity index (χ4n) is 3.28. The predicted molar refractivity (Wildman–Crippen MR) is 97.4 cm³/mol. The average Bonchev–Trinajstić information content (AvgIpc) is 2.46. The lowest BCUT2D eigenvalue weighted by Gasteiger charge is -2.27. The van der Waals surface area contributed by atoms with E-state index >= 15 is 0 Å². The summed E-state index contributed by atoms with van der Waals surface area (Å²) in [7, 11) is 0. The monoisotopic (exact) mass is 310 g/mol. The van der Waals surface area contributed by atoms with E-state index in [1.807, 2.05) is 0 Å². The van der Waals surface area contributed by atoms with Crippen molar-refractivity contribution >= 4 is 23.0 Å². The van der Waals surface area contributed by atoms with Gasteiger partial charge in [-0.1, -0.05) is 30.3 Å². The molecular weight excluding hydrogens is 288 g/mol. The number of nitrogens with one attached hydrogen (secondary N) is 2. The molecule has 3 rings (SSSR count). The summed E-state index contributed by atoms with van der Waals surface area (Å²) in [5.41, 5.74) is 6.37. The van der Waals surface area contributed by atoms with Gasteiger partial charge in [-0.15, -0.1) is 0 Å². The van der Waals surface area contributed by atoms with Crippen LogP contribution in [0.15, 0.2) is 42.5 Å². The van der Waals surface area contributed by atoms with Crippen LogP contribution < -0.4 is 10.6 Å². The van der Waals surface area contributed by atoms with E-state index in [0.29, 0.717) is 11.2 Å². The summed E-state index contributed by atoms with van der Waals surface area (Å²) in [5.74, 6) is 0. The fourth-order valence-corrected chi connectivity index (χ4v) is 3.54. The van der Waals surface area contributed by atoms with Gasteiger partial charge in [0.15, 0.2) is 5.11 Å². The van der Waals surface area contributed by atoms with E-state index in [-0.39, 0.29) is 0 Å². The van der Waals surface area contributed by atoms with Crippen molar-refractivity contribution in [3.8, 4) is 0 Å². The summed E-state index contributed by atoms with van der Waals surface area (Å²) in [4.78, 5) is 0. The predicted octanol–water partition coefficient (Wildman–Crippen LogP) is 4.67. The molecule has 0 saturated heterocycles. The third-order valence-electron chi connectivity index (χ3n) is 4.15. The Morgan fingerprint density at radius 3 is 2.59 bits per heavy atom. The van der Waals surface area contributed by atoms with Crippen molar-refractivity contribution in [2.75, 3.05) is 5.32 Å². The molecule has 1 unspecified atom stereocenters. The fraction of sp³-hybridized carbons (Fsp3) is 0.316. The molecule has 0 fully saturated rings. The van der Waals surface area contributed by atoms with Crippen molar-refractivity contribution in [3.63, 3.8) is 0 Å². The van der Waals surface area contributed by atoms with E-state index in [1.54, 1.807) is 0 Å². The topological polar surface area (TPSA) is 24.1 Å². The second-order valence-corrected chi connectivity index (χ2v) is 6.53. The largest absolute Gasteiger partial charge is 0.356 e. The third-order valence-corrected chi connectivity index (χ3v) is 4.37. The van der Waals surface area contributed by atoms with Crippen LogP contribution in [0.5, 0.6) is 0 Å². The minimum Gasteiger partial charge on any atom is -0.356 e. The van der Waals surface area contributed by atoms with Crippen molar-refractivity contribution in [2.45, 2.75) is 39.2 Å². The SMILES string of the molecule is Cc1cc(C)cc(NC(=S)NC2CCCc3ccccc32)c1. The summed E-state index contributed by atoms with van der Waals surface area (Å²) >= 11 is 5.51. The number of fused-ring (bicyclic) bond motifs is 1. The van der Waals surface area contributed by atoms with Crippen LogP contribution in [0.25, 0.3) is 0 Å². The van der Waals surface area contributed by atoms with E-state index in [4.69, 9.17) is 12.2 Å². The summed E-state index contributed by atoms with van der Waals surface area (Å²) < 4.78 is 0. The molecule has 1 atom stereocenters. The van der Waals surface area contributed by atoms with E-state index in [9.17, 15) is 0 Å². The van der Waals surface area contributed by atoms with Crippen LogP contribution in [0.1, 0.15) is 41.1 Å². The van der Waals surface area contributed by atoms with E-state index in [2.05, 4.69) is 66.9 Å². The Morgan fingerprint density at radius 2 is 1.82 bits per heavy atom. The molecule has 2 N–H and O–H groups in total. The van der Waals surface area contributed by atoms with Gasteiger partial charge in [0.25, 0.3) is 0 Å². The van der Waals surface area contributed by atoms with Gasteiger partial charge in [0.2, 0.25) is 0 Å². The van der Waals surface area contributed by atoms with Crippen molar-refractivity contribution in [2.24, 2.45) is 0 Å². The maximum atomic E-state index is 5.51. The molecule has 0 saturated carbocycles. The maximum Gasteiger partial charge on any atom is 0.171 e. The first-order valence-corrected chi connectivity index (χ1v) is 8.26. The van der Waals surface area contributed by atoms with Crippen LogP contribution in [0.3, 0.4) is 0 Å². The summed E-state index contributed by atoms with van der Waals surface area (Å²) in [6, 6.07) is 15.4. The summed E-state index contributed by atoms with van der Waals surface area (Å²) in [6.45, 7) is 4.21. The number of rotatable bonds is 2. The third kappa shape index (κ3) is 3.47. The normalized spacial score (nSPS) is 16.7. The number of hydrogen-bond acceptors (Lipinski definition) is 1. The molecule has 0 aromatic heterocycles. The Kier molecular flexibility index (Phi) is 4.44. The molecule has 0 aliphatic heterocycles. The highest BCUT2D eigenvalue weighted by molar-refractivity contribution is 7.80. The number of benzene rings is 2. The van der Waals surface area contributed by atoms with Crippen LogP contribution in [-0.2, 0) is 6.42 Å². The van der Waals surface area contributed by atoms with Gasteiger partial charge >= 0.3 is 0 Å². The molecular formula is C19H22N2S. The van der Waals surface area contributed by atoms with Crippen molar-refractivity contribution in [3.05, 3.63) is 64.7 Å². The zero-order valence-electron chi connectivity index (χ0n) is 13.1. The van der Waals surface area contributed by atoms with Gasteiger partial charge < -0.3 is 10.6 Å². The van der Waals surface area contributed by atoms with Crippen molar-refractivity contribution in [1.29, 1.82) is 0 Å². The van der Waals surface area contributed by atoms with Crippen LogP contribution in [0.4, 0.5) is 5.69 Å².